The highest BCUT2D eigenvalue weighted by atomic mass is 79.9. The van der Waals surface area contributed by atoms with Crippen LogP contribution in [0.3, 0.4) is 0 Å². The van der Waals surface area contributed by atoms with Crippen molar-refractivity contribution in [3.63, 3.8) is 0 Å². The molecule has 0 saturated heterocycles. The van der Waals surface area contributed by atoms with E-state index in [1.807, 2.05) is 13.1 Å². The molecule has 1 aliphatic rings. The average molecular weight is 483 g/mol. The van der Waals surface area contributed by atoms with Crippen molar-refractivity contribution in [1.82, 2.24) is 25.0 Å². The minimum absolute atomic E-state index is 0.137. The molecule has 0 aromatic carbocycles. The molecule has 8 nitrogen and oxygen atoms in total. The van der Waals surface area contributed by atoms with Gasteiger partial charge in [-0.1, -0.05) is 42.4 Å². The lowest BCUT2D eigenvalue weighted by Crippen LogP contribution is -2.14. The van der Waals surface area contributed by atoms with Gasteiger partial charge in [0, 0.05) is 13.0 Å². The Bertz CT molecular complexity index is 963. The molecular formula is C17H19BrN6O2S2. The quantitative estimate of drug-likeness (QED) is 0.517. The number of halogens is 1. The Labute approximate surface area is 178 Å². The monoisotopic (exact) mass is 482 g/mol. The first-order valence-electron chi connectivity index (χ1n) is 9.01. The summed E-state index contributed by atoms with van der Waals surface area (Å²) in [7, 11) is 1.84. The van der Waals surface area contributed by atoms with Gasteiger partial charge in [-0.2, -0.15) is 0 Å². The number of hydrogen-bond acceptors (Lipinski definition) is 8. The maximum atomic E-state index is 12.3. The molecule has 0 unspecified atom stereocenters. The molecule has 0 spiro atoms. The minimum atomic E-state index is -0.137. The van der Waals surface area contributed by atoms with Crippen LogP contribution in [0.15, 0.2) is 26.4 Å². The van der Waals surface area contributed by atoms with Gasteiger partial charge in [-0.25, -0.2) is 0 Å². The third-order valence-corrected chi connectivity index (χ3v) is 7.05. The SMILES string of the molecule is Cn1c(SCC(=O)Nc2nnc(C3CCCCC3)s2)nnc1-c1ccc(Br)o1. The zero-order chi connectivity index (χ0) is 19.5. The van der Waals surface area contributed by atoms with Gasteiger partial charge < -0.3 is 8.98 Å². The summed E-state index contributed by atoms with van der Waals surface area (Å²) >= 11 is 6.07. The molecule has 28 heavy (non-hydrogen) atoms. The fourth-order valence-corrected chi connectivity index (χ4v) is 5.12. The molecule has 0 bridgehead atoms. The molecule has 1 saturated carbocycles. The Morgan fingerprint density at radius 1 is 1.29 bits per heavy atom. The van der Waals surface area contributed by atoms with Gasteiger partial charge in [0.15, 0.2) is 21.4 Å². The second-order valence-electron chi connectivity index (χ2n) is 6.59. The van der Waals surface area contributed by atoms with Crippen LogP contribution in [0.25, 0.3) is 11.6 Å². The van der Waals surface area contributed by atoms with Crippen LogP contribution in [0.2, 0.25) is 0 Å². The molecule has 11 heteroatoms. The average Bonchev–Trinajstić information content (AvgIpc) is 3.41. The number of furan rings is 1. The Hall–Kier alpha value is -1.72. The third-order valence-electron chi connectivity index (χ3n) is 4.60. The maximum Gasteiger partial charge on any atom is 0.236 e. The van der Waals surface area contributed by atoms with E-state index in [-0.39, 0.29) is 11.7 Å². The molecule has 1 N–H and O–H groups in total. The highest BCUT2D eigenvalue weighted by molar-refractivity contribution is 9.10. The second kappa shape index (κ2) is 8.75. The van der Waals surface area contributed by atoms with Crippen LogP contribution < -0.4 is 5.32 Å². The van der Waals surface area contributed by atoms with Crippen molar-refractivity contribution in [2.45, 2.75) is 43.2 Å². The predicted octanol–water partition coefficient (Wildman–Crippen LogP) is 4.47. The molecule has 3 aromatic heterocycles. The van der Waals surface area contributed by atoms with Crippen LogP contribution in [0, 0.1) is 0 Å². The topological polar surface area (TPSA) is 98.7 Å². The number of nitrogens with one attached hydrogen (secondary N) is 1. The summed E-state index contributed by atoms with van der Waals surface area (Å²) in [6.07, 6.45) is 6.13. The summed E-state index contributed by atoms with van der Waals surface area (Å²) in [6, 6.07) is 3.61. The van der Waals surface area contributed by atoms with E-state index in [0.717, 1.165) is 5.01 Å². The van der Waals surface area contributed by atoms with Crippen molar-refractivity contribution in [3.05, 3.63) is 21.8 Å². The number of hydrogen-bond donors (Lipinski definition) is 1. The van der Waals surface area contributed by atoms with E-state index < -0.39 is 0 Å². The van der Waals surface area contributed by atoms with Crippen molar-refractivity contribution in [3.8, 4) is 11.6 Å². The van der Waals surface area contributed by atoms with Crippen LogP contribution >= 0.6 is 39.0 Å². The number of rotatable bonds is 6. The second-order valence-corrected chi connectivity index (χ2v) is 9.32. The zero-order valence-electron chi connectivity index (χ0n) is 15.2. The zero-order valence-corrected chi connectivity index (χ0v) is 18.4. The summed E-state index contributed by atoms with van der Waals surface area (Å²) in [5.41, 5.74) is 0. The van der Waals surface area contributed by atoms with Crippen molar-refractivity contribution in [2.75, 3.05) is 11.1 Å². The number of aromatic nitrogens is 5. The fourth-order valence-electron chi connectivity index (χ4n) is 3.17. The van der Waals surface area contributed by atoms with Gasteiger partial charge in [0.1, 0.15) is 5.01 Å². The molecule has 3 aromatic rings. The smallest absolute Gasteiger partial charge is 0.236 e. The van der Waals surface area contributed by atoms with Gasteiger partial charge in [0.2, 0.25) is 11.0 Å². The molecule has 1 amide bonds. The van der Waals surface area contributed by atoms with Gasteiger partial charge in [0.25, 0.3) is 0 Å². The fraction of sp³-hybridized carbons (Fsp3) is 0.471. The van der Waals surface area contributed by atoms with Gasteiger partial charge in [0.05, 0.1) is 5.75 Å². The number of carbonyl (C=O) groups is 1. The molecule has 0 atom stereocenters. The van der Waals surface area contributed by atoms with Crippen LogP contribution in [-0.4, -0.2) is 36.6 Å². The van der Waals surface area contributed by atoms with E-state index in [0.29, 0.717) is 32.5 Å². The molecule has 1 fully saturated rings. The van der Waals surface area contributed by atoms with E-state index >= 15 is 0 Å². The predicted molar refractivity (Wildman–Crippen MR) is 111 cm³/mol. The van der Waals surface area contributed by atoms with Gasteiger partial charge >= 0.3 is 0 Å². The first-order valence-corrected chi connectivity index (χ1v) is 11.6. The highest BCUT2D eigenvalue weighted by Crippen LogP contribution is 2.35. The van der Waals surface area contributed by atoms with Gasteiger partial charge in [-0.3, -0.25) is 10.1 Å². The summed E-state index contributed by atoms with van der Waals surface area (Å²) < 4.78 is 7.94. The molecule has 0 aliphatic heterocycles. The van der Waals surface area contributed by atoms with Crippen molar-refractivity contribution >= 4 is 50.1 Å². The van der Waals surface area contributed by atoms with E-state index in [1.165, 1.54) is 55.2 Å². The first-order chi connectivity index (χ1) is 13.6. The van der Waals surface area contributed by atoms with Crippen molar-refractivity contribution in [2.24, 2.45) is 7.05 Å². The molecule has 1 aliphatic carbocycles. The Kier molecular flexibility index (Phi) is 6.12. The van der Waals surface area contributed by atoms with E-state index in [2.05, 4.69) is 41.6 Å². The largest absolute Gasteiger partial charge is 0.446 e. The van der Waals surface area contributed by atoms with Crippen molar-refractivity contribution in [1.29, 1.82) is 0 Å². The lowest BCUT2D eigenvalue weighted by Gasteiger charge is -2.18. The lowest BCUT2D eigenvalue weighted by molar-refractivity contribution is -0.113. The molecule has 4 rings (SSSR count). The highest BCUT2D eigenvalue weighted by Gasteiger charge is 2.20. The van der Waals surface area contributed by atoms with Crippen LogP contribution in [0.4, 0.5) is 5.13 Å². The molecule has 0 radical (unpaired) electrons. The van der Waals surface area contributed by atoms with E-state index in [4.69, 9.17) is 4.42 Å². The number of thioether (sulfide) groups is 1. The number of amides is 1. The third kappa shape index (κ3) is 4.47. The van der Waals surface area contributed by atoms with Crippen molar-refractivity contribution < 1.29 is 9.21 Å². The van der Waals surface area contributed by atoms with Gasteiger partial charge in [-0.15, -0.1) is 20.4 Å². The summed E-state index contributed by atoms with van der Waals surface area (Å²) in [6.45, 7) is 0. The normalized spacial score (nSPS) is 15.1. The molecule has 3 heterocycles. The number of anilines is 1. The Morgan fingerprint density at radius 3 is 2.86 bits per heavy atom. The molecular weight excluding hydrogens is 464 g/mol. The number of carbonyl (C=O) groups excluding carboxylic acids is 1. The van der Waals surface area contributed by atoms with Crippen LogP contribution in [0.1, 0.15) is 43.0 Å². The van der Waals surface area contributed by atoms with E-state index in [9.17, 15) is 4.79 Å². The number of nitrogens with zero attached hydrogens (tertiary/aromatic N) is 5. The van der Waals surface area contributed by atoms with E-state index in [1.54, 1.807) is 10.6 Å². The summed E-state index contributed by atoms with van der Waals surface area (Å²) in [5.74, 6) is 1.79. The lowest BCUT2D eigenvalue weighted by atomic mass is 9.90. The standard InChI is InChI=1S/C17H19BrN6O2S2/c1-24-14(11-7-8-12(18)26-11)20-23-17(24)27-9-13(25)19-16-22-21-15(28-16)10-5-3-2-4-6-10/h7-8,10H,2-6,9H2,1H3,(H,19,22,25). The van der Waals surface area contributed by atoms with Crippen LogP contribution in [0.5, 0.6) is 0 Å². The Balaban J connectivity index is 1.32. The Morgan fingerprint density at radius 2 is 2.11 bits per heavy atom. The summed E-state index contributed by atoms with van der Waals surface area (Å²) in [5, 5.41) is 21.7. The maximum absolute atomic E-state index is 12.3. The first kappa shape index (κ1) is 19.6. The molecule has 148 valence electrons. The van der Waals surface area contributed by atoms with Gasteiger partial charge in [-0.05, 0) is 40.9 Å². The minimum Gasteiger partial charge on any atom is -0.446 e. The summed E-state index contributed by atoms with van der Waals surface area (Å²) in [4.78, 5) is 12.3. The van der Waals surface area contributed by atoms with Crippen LogP contribution in [-0.2, 0) is 11.8 Å².